The van der Waals surface area contributed by atoms with Crippen LogP contribution in [0.15, 0.2) is 72.8 Å². The molecule has 0 spiro atoms. The molecule has 0 aliphatic rings. The molecule has 0 atom stereocenters. The minimum Gasteiger partial charge on any atom is -0.358 e. The Bertz CT molecular complexity index is 1420. The monoisotopic (exact) mass is 762 g/mol. The molecule has 2 radical (unpaired) electrons. The summed E-state index contributed by atoms with van der Waals surface area (Å²) in [7, 11) is -1.70. The number of hydrogen-bond donors (Lipinski definition) is 0. The van der Waals surface area contributed by atoms with Crippen LogP contribution in [0.2, 0.25) is 52.4 Å². The maximum absolute atomic E-state index is 6.92. The second-order valence-corrected chi connectivity index (χ2v) is 24.1. The first kappa shape index (κ1) is 50.6. The molecule has 2 nitrogen and oxygen atoms in total. The van der Waals surface area contributed by atoms with Crippen LogP contribution < -0.4 is 20.7 Å². The molecule has 4 aromatic rings. The Morgan fingerprint density at radius 2 is 0.735 bits per heavy atom. The molecule has 4 rings (SSSR count). The van der Waals surface area contributed by atoms with E-state index in [9.17, 15) is 0 Å². The number of rotatable bonds is 4. The molecule has 0 N–H and O–H groups in total. The topological polar surface area (TPSA) is 8.72 Å². The van der Waals surface area contributed by atoms with Gasteiger partial charge in [0.2, 0.25) is 0 Å². The molecule has 4 aromatic carbocycles. The van der Waals surface area contributed by atoms with E-state index in [1.54, 1.807) is 20.7 Å². The molecular weight excluding hydrogens is 701 g/mol. The van der Waals surface area contributed by atoms with Gasteiger partial charge in [0.1, 0.15) is 0 Å². The van der Waals surface area contributed by atoms with Gasteiger partial charge in [-0.3, -0.25) is 0 Å². The van der Waals surface area contributed by atoms with Crippen LogP contribution in [-0.4, -0.2) is 35.2 Å². The fraction of sp³-hybridized carbons (Fsp3) is 0.333. The molecular formula is C42H62FeN2Si4+2. The molecule has 0 amide bonds. The molecule has 0 saturated heterocycles. The fourth-order valence-corrected chi connectivity index (χ4v) is 13.7. The van der Waals surface area contributed by atoms with Crippen LogP contribution in [0, 0.1) is 69.5 Å². The van der Waals surface area contributed by atoms with Crippen LogP contribution in [-0.2, 0) is 17.1 Å². The van der Waals surface area contributed by atoms with E-state index in [1.165, 1.54) is 11.1 Å². The maximum Gasteiger partial charge on any atom is 4.00 e. The van der Waals surface area contributed by atoms with Gasteiger partial charge in [-0.1, -0.05) is 157 Å². The summed E-state index contributed by atoms with van der Waals surface area (Å²) in [6.45, 7) is 45.0. The van der Waals surface area contributed by atoms with Gasteiger partial charge < -0.3 is 14.9 Å². The van der Waals surface area contributed by atoms with Gasteiger partial charge in [-0.05, 0) is 63.8 Å². The number of hydrogen-bond acceptors (Lipinski definition) is 0. The van der Waals surface area contributed by atoms with Crippen LogP contribution >= 0.6 is 0 Å². The maximum atomic E-state index is 6.92. The van der Waals surface area contributed by atoms with E-state index >= 15 is 0 Å². The van der Waals surface area contributed by atoms with E-state index in [4.69, 9.17) is 13.1 Å². The smallest absolute Gasteiger partial charge is 0.358 e. The predicted molar refractivity (Wildman–Crippen MR) is 231 cm³/mol. The van der Waals surface area contributed by atoms with Gasteiger partial charge in [0.15, 0.2) is 11.4 Å². The van der Waals surface area contributed by atoms with Crippen molar-refractivity contribution in [2.45, 2.75) is 93.9 Å². The molecule has 49 heavy (non-hydrogen) atoms. The normalized spacial score (nSPS) is 9.63. The average molecular weight is 763 g/mol. The first-order valence-corrected chi connectivity index (χ1v) is 27.0. The third-order valence-corrected chi connectivity index (χ3v) is 14.9. The average Bonchev–Trinajstić information content (AvgIpc) is 2.97. The van der Waals surface area contributed by atoms with Crippen molar-refractivity contribution in [3.63, 3.8) is 0 Å². The van der Waals surface area contributed by atoms with Crippen molar-refractivity contribution in [3.8, 4) is 0 Å². The van der Waals surface area contributed by atoms with Gasteiger partial charge in [-0.15, -0.1) is 0 Å². The second-order valence-electron chi connectivity index (χ2n) is 13.2. The zero-order chi connectivity index (χ0) is 35.1. The molecule has 0 bridgehead atoms. The molecule has 0 fully saturated rings. The number of nitrogens with zero attached hydrogens (tertiary/aromatic N) is 2. The van der Waals surface area contributed by atoms with Crippen LogP contribution in [0.5, 0.6) is 0 Å². The van der Waals surface area contributed by atoms with Crippen molar-refractivity contribution in [2.75, 3.05) is 0 Å². The van der Waals surface area contributed by atoms with Gasteiger partial charge in [-0.25, -0.2) is 9.69 Å². The molecule has 0 unspecified atom stereocenters. The van der Waals surface area contributed by atoms with Crippen LogP contribution in [0.3, 0.4) is 0 Å². The van der Waals surface area contributed by atoms with Crippen molar-refractivity contribution < 1.29 is 17.1 Å². The summed E-state index contributed by atoms with van der Waals surface area (Å²) in [5.74, 6) is 0. The van der Waals surface area contributed by atoms with Crippen molar-refractivity contribution in [1.82, 2.24) is 0 Å². The summed E-state index contributed by atoms with van der Waals surface area (Å²) in [5, 5.41) is 6.67. The Balaban J connectivity index is -0.000000565. The summed E-state index contributed by atoms with van der Waals surface area (Å²) in [5.41, 5.74) is 8.39. The van der Waals surface area contributed by atoms with E-state index in [-0.39, 0.29) is 49.5 Å². The predicted octanol–water partition coefficient (Wildman–Crippen LogP) is 9.91. The van der Waals surface area contributed by atoms with Gasteiger partial charge >= 0.3 is 17.1 Å². The van der Waals surface area contributed by atoms with Crippen LogP contribution in [0.25, 0.3) is 9.69 Å². The first-order valence-electron chi connectivity index (χ1n) is 16.2. The van der Waals surface area contributed by atoms with E-state index < -0.39 is 17.6 Å². The van der Waals surface area contributed by atoms with E-state index in [0.717, 1.165) is 33.6 Å². The van der Waals surface area contributed by atoms with Crippen LogP contribution in [0.4, 0.5) is 11.4 Å². The summed E-state index contributed by atoms with van der Waals surface area (Å²) in [4.78, 5) is 6.92. The summed E-state index contributed by atoms with van der Waals surface area (Å²) >= 11 is 0. The largest absolute Gasteiger partial charge is 4.00 e. The van der Waals surface area contributed by atoms with Crippen molar-refractivity contribution >= 4 is 67.3 Å². The summed E-state index contributed by atoms with van der Waals surface area (Å²) in [6, 6.07) is 26.1. The number of benzene rings is 4. The van der Waals surface area contributed by atoms with Gasteiger partial charge in [-0.2, -0.15) is 0 Å². The summed E-state index contributed by atoms with van der Waals surface area (Å²) in [6.07, 6.45) is 0. The van der Waals surface area contributed by atoms with Gasteiger partial charge in [0.05, 0.1) is 48.3 Å². The minimum absolute atomic E-state index is 0. The van der Waals surface area contributed by atoms with E-state index in [0.29, 0.717) is 0 Å². The molecule has 0 saturated carbocycles. The SMILES string of the molecule is C[SiH](C)c1ccccc1[SiH](C)C.C[Si](C)c1ccccc1[Si](C)C.[C-]#[N+]c1c(C)cc(C)cc1C.[C-]#[N+]c1c(C)cc(C)cc1C.[CH3-].[CH3-].[Fe+4]. The van der Waals surface area contributed by atoms with E-state index in [2.05, 4.69) is 111 Å². The molecule has 0 heterocycles. The Labute approximate surface area is 320 Å². The molecule has 0 aliphatic carbocycles. The third-order valence-electron chi connectivity index (χ3n) is 7.74. The van der Waals surface area contributed by atoms with Crippen molar-refractivity contribution in [1.29, 1.82) is 0 Å². The quantitative estimate of drug-likeness (QED) is 0.145. The third kappa shape index (κ3) is 16.7. The molecule has 7 heteroatoms. The Hall–Kier alpha value is -2.75. The van der Waals surface area contributed by atoms with E-state index in [1.807, 2.05) is 65.8 Å². The number of aryl methyl sites for hydroxylation is 6. The minimum atomic E-state index is -0.590. The first-order chi connectivity index (χ1) is 21.5. The van der Waals surface area contributed by atoms with Crippen molar-refractivity contribution in [3.05, 3.63) is 144 Å². The van der Waals surface area contributed by atoms with Crippen LogP contribution in [0.1, 0.15) is 33.4 Å². The Morgan fingerprint density at radius 3 is 0.939 bits per heavy atom. The Morgan fingerprint density at radius 1 is 0.490 bits per heavy atom. The van der Waals surface area contributed by atoms with Crippen molar-refractivity contribution in [2.24, 2.45) is 0 Å². The molecule has 262 valence electrons. The second kappa shape index (κ2) is 25.2. The standard InChI is InChI=1S/2C10H11N.C10H18Si2.C10H16Si2.2CH3.Fe/c2*1-7-5-8(2)10(11-4)9(3)6-7;2*1-11(2)9-7-5-6-8-10(9)12(3)4;;;/h2*5-6H,1-3H3;5-8,11-12H,1-4H3;5-8H,1-4H3;2*1H3;/q;;;;2*-1;+4. The molecule has 0 aromatic heterocycles. The zero-order valence-corrected chi connectivity index (χ0v) is 38.7. The fourth-order valence-electron chi connectivity index (χ4n) is 5.62. The van der Waals surface area contributed by atoms with Gasteiger partial charge in [0.25, 0.3) is 0 Å². The van der Waals surface area contributed by atoms with Gasteiger partial charge in [0, 0.05) is 0 Å². The summed E-state index contributed by atoms with van der Waals surface area (Å²) < 4.78 is 0. The zero-order valence-electron chi connectivity index (χ0n) is 33.3. The molecule has 0 aliphatic heterocycles. The Kier molecular flexibility index (Phi) is 26.1.